The molecule has 4 nitrogen and oxygen atoms in total. The monoisotopic (exact) mass is 411 g/mol. The molecule has 0 aliphatic heterocycles. The molecule has 22 heavy (non-hydrogen) atoms. The molecule has 0 aromatic heterocycles. The fourth-order valence-corrected chi connectivity index (χ4v) is 2.41. The van der Waals surface area contributed by atoms with Crippen LogP contribution in [0.25, 0.3) is 0 Å². The predicted octanol–water partition coefficient (Wildman–Crippen LogP) is 3.50. The highest BCUT2D eigenvalue weighted by Gasteiger charge is 2.10. The van der Waals surface area contributed by atoms with E-state index in [1.54, 1.807) is 13.2 Å². The lowest BCUT2D eigenvalue weighted by atomic mass is 10.2. The second-order valence-electron chi connectivity index (χ2n) is 4.87. The van der Waals surface area contributed by atoms with E-state index in [1.165, 1.54) is 0 Å². The molecule has 2 rings (SSSR count). The maximum atomic E-state index is 12.1. The zero-order valence-corrected chi connectivity index (χ0v) is 14.7. The average molecular weight is 411 g/mol. The second kappa shape index (κ2) is 8.03. The van der Waals surface area contributed by atoms with Crippen LogP contribution in [0, 0.1) is 3.57 Å². The van der Waals surface area contributed by atoms with E-state index in [9.17, 15) is 4.79 Å². The van der Waals surface area contributed by atoms with Crippen LogP contribution in [0.1, 0.15) is 17.3 Å². The summed E-state index contributed by atoms with van der Waals surface area (Å²) >= 11 is 2.19. The summed E-state index contributed by atoms with van der Waals surface area (Å²) in [6, 6.07) is 14.7. The van der Waals surface area contributed by atoms with Crippen LogP contribution in [0.15, 0.2) is 48.5 Å². The van der Waals surface area contributed by atoms with Gasteiger partial charge in [0.05, 0.1) is 13.2 Å². The highest BCUT2D eigenvalue weighted by atomic mass is 127. The number of benzene rings is 2. The summed E-state index contributed by atoms with van der Waals surface area (Å²) in [7, 11) is 1.62. The van der Waals surface area contributed by atoms with E-state index in [0.29, 0.717) is 12.2 Å². The minimum atomic E-state index is -0.0932. The number of hydrogen-bond donors (Lipinski definition) is 1. The fraction of sp³-hybridized carbons (Fsp3) is 0.235. The van der Waals surface area contributed by atoms with Crippen LogP contribution in [0.3, 0.4) is 0 Å². The van der Waals surface area contributed by atoms with Gasteiger partial charge in [0.15, 0.2) is 0 Å². The minimum absolute atomic E-state index is 0.0903. The van der Waals surface area contributed by atoms with Gasteiger partial charge in [-0.25, -0.2) is 0 Å². The largest absolute Gasteiger partial charge is 0.497 e. The average Bonchev–Trinajstić information content (AvgIpc) is 2.53. The topological polar surface area (TPSA) is 47.6 Å². The maximum Gasteiger partial charge on any atom is 0.251 e. The summed E-state index contributed by atoms with van der Waals surface area (Å²) in [6.45, 7) is 2.32. The highest BCUT2D eigenvalue weighted by molar-refractivity contribution is 14.1. The number of halogens is 1. The molecule has 0 saturated heterocycles. The van der Waals surface area contributed by atoms with Gasteiger partial charge in [-0.15, -0.1) is 0 Å². The Hall–Kier alpha value is -1.76. The van der Waals surface area contributed by atoms with Gasteiger partial charge in [0, 0.05) is 9.13 Å². The van der Waals surface area contributed by atoms with Crippen molar-refractivity contribution < 1.29 is 14.3 Å². The summed E-state index contributed by atoms with van der Waals surface area (Å²) in [5.41, 5.74) is 0.656. The van der Waals surface area contributed by atoms with Crippen LogP contribution in [0.5, 0.6) is 11.5 Å². The Morgan fingerprint density at radius 3 is 2.50 bits per heavy atom. The summed E-state index contributed by atoms with van der Waals surface area (Å²) in [5.74, 6) is 1.44. The quantitative estimate of drug-likeness (QED) is 0.741. The van der Waals surface area contributed by atoms with Gasteiger partial charge in [-0.1, -0.05) is 6.07 Å². The van der Waals surface area contributed by atoms with Crippen LogP contribution >= 0.6 is 22.6 Å². The minimum Gasteiger partial charge on any atom is -0.497 e. The molecule has 2 aromatic rings. The second-order valence-corrected chi connectivity index (χ2v) is 6.12. The van der Waals surface area contributed by atoms with E-state index in [0.717, 1.165) is 15.1 Å². The Morgan fingerprint density at radius 1 is 1.18 bits per heavy atom. The summed E-state index contributed by atoms with van der Waals surface area (Å²) in [5, 5.41) is 2.92. The number of carbonyl (C=O) groups excluding carboxylic acids is 1. The summed E-state index contributed by atoms with van der Waals surface area (Å²) < 4.78 is 11.8. The number of nitrogens with one attached hydrogen (secondary N) is 1. The van der Waals surface area contributed by atoms with Crippen LogP contribution < -0.4 is 14.8 Å². The third kappa shape index (κ3) is 4.91. The summed E-state index contributed by atoms with van der Waals surface area (Å²) in [4.78, 5) is 12.1. The number of hydrogen-bond acceptors (Lipinski definition) is 3. The van der Waals surface area contributed by atoms with E-state index in [4.69, 9.17) is 9.47 Å². The van der Waals surface area contributed by atoms with Gasteiger partial charge in [0.1, 0.15) is 18.1 Å². The molecule has 0 heterocycles. The molecule has 0 spiro atoms. The number of methoxy groups -OCH3 is 1. The van der Waals surface area contributed by atoms with E-state index in [-0.39, 0.29) is 11.9 Å². The van der Waals surface area contributed by atoms with Crippen molar-refractivity contribution in [2.24, 2.45) is 0 Å². The Morgan fingerprint density at radius 2 is 1.86 bits per heavy atom. The third-order valence-electron chi connectivity index (χ3n) is 3.02. The van der Waals surface area contributed by atoms with Gasteiger partial charge >= 0.3 is 0 Å². The molecular weight excluding hydrogens is 393 g/mol. The number of amides is 1. The Balaban J connectivity index is 1.84. The number of carbonyl (C=O) groups is 1. The molecule has 5 heteroatoms. The van der Waals surface area contributed by atoms with Gasteiger partial charge in [0.2, 0.25) is 0 Å². The van der Waals surface area contributed by atoms with Gasteiger partial charge in [-0.05, 0) is 72.0 Å². The maximum absolute atomic E-state index is 12.1. The van der Waals surface area contributed by atoms with Crippen molar-refractivity contribution in [3.8, 4) is 11.5 Å². The number of ether oxygens (including phenoxy) is 2. The Labute approximate surface area is 144 Å². The highest BCUT2D eigenvalue weighted by Crippen LogP contribution is 2.17. The van der Waals surface area contributed by atoms with Crippen molar-refractivity contribution >= 4 is 28.5 Å². The molecule has 0 aliphatic carbocycles. The molecule has 116 valence electrons. The molecule has 0 saturated carbocycles. The van der Waals surface area contributed by atoms with E-state index in [2.05, 4.69) is 27.9 Å². The predicted molar refractivity (Wildman–Crippen MR) is 94.6 cm³/mol. The lowest BCUT2D eigenvalue weighted by Gasteiger charge is -2.15. The van der Waals surface area contributed by atoms with Gasteiger partial charge in [-0.3, -0.25) is 4.79 Å². The van der Waals surface area contributed by atoms with E-state index >= 15 is 0 Å². The molecule has 1 N–H and O–H groups in total. The summed E-state index contributed by atoms with van der Waals surface area (Å²) in [6.07, 6.45) is 0. The molecule has 2 aromatic carbocycles. The third-order valence-corrected chi connectivity index (χ3v) is 3.69. The van der Waals surface area contributed by atoms with E-state index < -0.39 is 0 Å². The van der Waals surface area contributed by atoms with Crippen molar-refractivity contribution in [3.05, 3.63) is 57.7 Å². The Kier molecular flexibility index (Phi) is 6.06. The standard InChI is InChI=1S/C17H18INO3/c1-12(11-22-16-8-6-15(21-2)7-9-16)19-17(20)13-4-3-5-14(18)10-13/h3-10,12H,11H2,1-2H3,(H,19,20). The first kappa shape index (κ1) is 16.6. The molecule has 1 atom stereocenters. The van der Waals surface area contributed by atoms with Crippen LogP contribution in [-0.4, -0.2) is 25.7 Å². The van der Waals surface area contributed by atoms with Crippen molar-refractivity contribution in [3.63, 3.8) is 0 Å². The SMILES string of the molecule is COc1ccc(OCC(C)NC(=O)c2cccc(I)c2)cc1. The zero-order valence-electron chi connectivity index (χ0n) is 12.5. The fourth-order valence-electron chi connectivity index (χ4n) is 1.87. The van der Waals surface area contributed by atoms with Crippen molar-refractivity contribution in [2.45, 2.75) is 13.0 Å². The van der Waals surface area contributed by atoms with Crippen molar-refractivity contribution in [1.29, 1.82) is 0 Å². The zero-order chi connectivity index (χ0) is 15.9. The lowest BCUT2D eigenvalue weighted by Crippen LogP contribution is -2.36. The molecule has 0 radical (unpaired) electrons. The lowest BCUT2D eigenvalue weighted by molar-refractivity contribution is 0.0926. The first-order chi connectivity index (χ1) is 10.6. The molecular formula is C17H18INO3. The smallest absolute Gasteiger partial charge is 0.251 e. The molecule has 0 aliphatic rings. The van der Waals surface area contributed by atoms with Crippen LogP contribution in [-0.2, 0) is 0 Å². The normalized spacial score (nSPS) is 11.6. The first-order valence-electron chi connectivity index (χ1n) is 6.92. The first-order valence-corrected chi connectivity index (χ1v) is 7.99. The molecule has 0 bridgehead atoms. The molecule has 1 amide bonds. The van der Waals surface area contributed by atoms with Gasteiger partial charge in [0.25, 0.3) is 5.91 Å². The molecule has 1 unspecified atom stereocenters. The molecule has 0 fully saturated rings. The Bertz CT molecular complexity index is 628. The van der Waals surface area contributed by atoms with Gasteiger partial charge < -0.3 is 14.8 Å². The van der Waals surface area contributed by atoms with Crippen LogP contribution in [0.4, 0.5) is 0 Å². The van der Waals surface area contributed by atoms with Gasteiger partial charge in [-0.2, -0.15) is 0 Å². The van der Waals surface area contributed by atoms with E-state index in [1.807, 2.05) is 49.4 Å². The van der Waals surface area contributed by atoms with Crippen molar-refractivity contribution in [1.82, 2.24) is 5.32 Å². The number of rotatable bonds is 6. The van der Waals surface area contributed by atoms with Crippen molar-refractivity contribution in [2.75, 3.05) is 13.7 Å². The van der Waals surface area contributed by atoms with Crippen LogP contribution in [0.2, 0.25) is 0 Å².